The fourth-order valence-electron chi connectivity index (χ4n) is 1.93. The van der Waals surface area contributed by atoms with E-state index in [0.717, 1.165) is 31.5 Å². The summed E-state index contributed by atoms with van der Waals surface area (Å²) in [6.07, 6.45) is 1.80. The van der Waals surface area contributed by atoms with Gasteiger partial charge >= 0.3 is 0 Å². The number of alkyl halides is 1. The molecule has 1 aliphatic heterocycles. The average molecular weight is 238 g/mol. The minimum atomic E-state index is 0.128. The van der Waals surface area contributed by atoms with Crippen molar-refractivity contribution < 1.29 is 4.79 Å². The Kier molecular flexibility index (Phi) is 3.49. The normalized spacial score (nSPS) is 17.5. The second-order valence-corrected chi connectivity index (χ2v) is 4.95. The minimum Gasteiger partial charge on any atom is -0.339 e. The first-order chi connectivity index (χ1) is 7.66. The van der Waals surface area contributed by atoms with Crippen LogP contribution >= 0.6 is 11.6 Å². The van der Waals surface area contributed by atoms with E-state index >= 15 is 0 Å². The summed E-state index contributed by atoms with van der Waals surface area (Å²) in [6.45, 7) is 3.58. The van der Waals surface area contributed by atoms with Crippen LogP contribution in [-0.4, -0.2) is 29.3 Å². The van der Waals surface area contributed by atoms with Crippen molar-refractivity contribution in [3.63, 3.8) is 0 Å². The molecule has 0 bridgehead atoms. The van der Waals surface area contributed by atoms with Crippen LogP contribution in [0.15, 0.2) is 24.3 Å². The quantitative estimate of drug-likeness (QED) is 0.688. The highest BCUT2D eigenvalue weighted by molar-refractivity contribution is 6.20. The van der Waals surface area contributed by atoms with Crippen LogP contribution in [-0.2, 0) is 0 Å². The van der Waals surface area contributed by atoms with Gasteiger partial charge in [-0.15, -0.1) is 11.6 Å². The Labute approximate surface area is 101 Å². The lowest BCUT2D eigenvalue weighted by Crippen LogP contribution is -2.38. The average Bonchev–Trinajstić information content (AvgIpc) is 2.30. The predicted molar refractivity (Wildman–Crippen MR) is 66.0 cm³/mol. The van der Waals surface area contributed by atoms with Gasteiger partial charge in [0.25, 0.3) is 5.91 Å². The van der Waals surface area contributed by atoms with Crippen molar-refractivity contribution in [2.24, 2.45) is 0 Å². The van der Waals surface area contributed by atoms with E-state index in [1.807, 2.05) is 36.1 Å². The zero-order valence-electron chi connectivity index (χ0n) is 9.45. The number of amides is 1. The minimum absolute atomic E-state index is 0.128. The first-order valence-electron chi connectivity index (χ1n) is 5.67. The van der Waals surface area contributed by atoms with Crippen LogP contribution in [0.3, 0.4) is 0 Å². The van der Waals surface area contributed by atoms with Crippen molar-refractivity contribution in [1.82, 2.24) is 4.90 Å². The Hall–Kier alpha value is -1.02. The van der Waals surface area contributed by atoms with Crippen LogP contribution < -0.4 is 0 Å². The molecule has 1 aromatic rings. The summed E-state index contributed by atoms with van der Waals surface area (Å²) < 4.78 is 0. The third kappa shape index (κ3) is 2.56. The van der Waals surface area contributed by atoms with E-state index in [2.05, 4.69) is 0 Å². The van der Waals surface area contributed by atoms with E-state index in [9.17, 15) is 4.79 Å². The smallest absolute Gasteiger partial charge is 0.253 e. The lowest BCUT2D eigenvalue weighted by atomic mass is 10.1. The lowest BCUT2D eigenvalue weighted by Gasteiger charge is -2.29. The van der Waals surface area contributed by atoms with Crippen LogP contribution in [0.4, 0.5) is 0 Å². The highest BCUT2D eigenvalue weighted by Crippen LogP contribution is 2.17. The molecule has 0 radical (unpaired) electrons. The fourth-order valence-corrected chi connectivity index (χ4v) is 2.12. The Balaban J connectivity index is 2.05. The van der Waals surface area contributed by atoms with Gasteiger partial charge in [0.15, 0.2) is 0 Å². The fraction of sp³-hybridized carbons (Fsp3) is 0.462. The summed E-state index contributed by atoms with van der Waals surface area (Å²) in [6, 6.07) is 7.73. The molecule has 0 spiro atoms. The molecule has 2 rings (SSSR count). The van der Waals surface area contributed by atoms with Gasteiger partial charge in [0.05, 0.1) is 0 Å². The number of carbonyl (C=O) groups excluding carboxylic acids is 1. The molecule has 1 heterocycles. The van der Waals surface area contributed by atoms with Crippen LogP contribution in [0.25, 0.3) is 0 Å². The first-order valence-corrected chi connectivity index (χ1v) is 6.10. The van der Waals surface area contributed by atoms with Crippen molar-refractivity contribution in [1.29, 1.82) is 0 Å². The zero-order valence-corrected chi connectivity index (χ0v) is 10.2. The summed E-state index contributed by atoms with van der Waals surface area (Å²) in [7, 11) is 0. The third-order valence-electron chi connectivity index (χ3n) is 3.01. The second kappa shape index (κ2) is 4.88. The monoisotopic (exact) mass is 237 g/mol. The number of likely N-dealkylation sites (tertiary alicyclic amines) is 1. The molecule has 1 saturated heterocycles. The van der Waals surface area contributed by atoms with Crippen LogP contribution in [0.2, 0.25) is 0 Å². The molecule has 1 fully saturated rings. The maximum Gasteiger partial charge on any atom is 0.253 e. The maximum atomic E-state index is 12.1. The third-order valence-corrected chi connectivity index (χ3v) is 3.45. The Morgan fingerprint density at radius 2 is 1.81 bits per heavy atom. The molecule has 1 amide bonds. The number of aryl methyl sites for hydroxylation is 1. The van der Waals surface area contributed by atoms with Gasteiger partial charge in [-0.1, -0.05) is 17.7 Å². The zero-order chi connectivity index (χ0) is 11.5. The van der Waals surface area contributed by atoms with Crippen LogP contribution in [0.5, 0.6) is 0 Å². The van der Waals surface area contributed by atoms with Crippen LogP contribution in [0, 0.1) is 6.92 Å². The molecule has 2 nitrogen and oxygen atoms in total. The van der Waals surface area contributed by atoms with E-state index in [4.69, 9.17) is 11.6 Å². The van der Waals surface area contributed by atoms with Crippen LogP contribution in [0.1, 0.15) is 28.8 Å². The van der Waals surface area contributed by atoms with Gasteiger partial charge in [-0.2, -0.15) is 0 Å². The second-order valence-electron chi connectivity index (χ2n) is 4.33. The highest BCUT2D eigenvalue weighted by Gasteiger charge is 2.21. The topological polar surface area (TPSA) is 20.3 Å². The summed E-state index contributed by atoms with van der Waals surface area (Å²) >= 11 is 6.02. The number of piperidine rings is 1. The molecular weight excluding hydrogens is 222 g/mol. The van der Waals surface area contributed by atoms with E-state index in [1.54, 1.807) is 0 Å². The number of halogens is 1. The first kappa shape index (κ1) is 11.5. The van der Waals surface area contributed by atoms with Gasteiger partial charge in [-0.3, -0.25) is 4.79 Å². The standard InChI is InChI=1S/C13H16ClNO/c1-10-2-4-11(5-3-10)13(16)15-8-6-12(14)7-9-15/h2-5,12H,6-9H2,1H3. The largest absolute Gasteiger partial charge is 0.339 e. The Morgan fingerprint density at radius 3 is 2.38 bits per heavy atom. The number of nitrogens with zero attached hydrogens (tertiary/aromatic N) is 1. The summed E-state index contributed by atoms with van der Waals surface area (Å²) in [4.78, 5) is 14.0. The number of benzene rings is 1. The summed E-state index contributed by atoms with van der Waals surface area (Å²) in [5.74, 6) is 0.128. The van der Waals surface area contributed by atoms with Crippen molar-refractivity contribution >= 4 is 17.5 Å². The Bertz CT molecular complexity index is 366. The summed E-state index contributed by atoms with van der Waals surface area (Å²) in [5, 5.41) is 0.238. The van der Waals surface area contributed by atoms with Crippen molar-refractivity contribution in [2.45, 2.75) is 25.1 Å². The van der Waals surface area contributed by atoms with Gasteiger partial charge < -0.3 is 4.90 Å². The van der Waals surface area contributed by atoms with Crippen molar-refractivity contribution in [2.75, 3.05) is 13.1 Å². The predicted octanol–water partition coefficient (Wildman–Crippen LogP) is 2.84. The van der Waals surface area contributed by atoms with Crippen molar-refractivity contribution in [3.05, 3.63) is 35.4 Å². The van der Waals surface area contributed by atoms with Gasteiger partial charge in [0.2, 0.25) is 0 Å². The molecule has 3 heteroatoms. The van der Waals surface area contributed by atoms with Gasteiger partial charge in [0, 0.05) is 24.0 Å². The molecule has 1 aromatic carbocycles. The van der Waals surface area contributed by atoms with E-state index in [1.165, 1.54) is 5.56 Å². The number of hydrogen-bond acceptors (Lipinski definition) is 1. The Morgan fingerprint density at radius 1 is 1.25 bits per heavy atom. The molecule has 86 valence electrons. The maximum absolute atomic E-state index is 12.1. The molecule has 0 unspecified atom stereocenters. The molecule has 0 atom stereocenters. The molecule has 0 aliphatic carbocycles. The molecule has 0 aromatic heterocycles. The molecular formula is C13H16ClNO. The highest BCUT2D eigenvalue weighted by atomic mass is 35.5. The molecule has 1 aliphatic rings. The molecule has 0 N–H and O–H groups in total. The summed E-state index contributed by atoms with van der Waals surface area (Å²) in [5.41, 5.74) is 1.95. The van der Waals surface area contributed by atoms with E-state index < -0.39 is 0 Å². The number of rotatable bonds is 1. The molecule has 16 heavy (non-hydrogen) atoms. The van der Waals surface area contributed by atoms with Gasteiger partial charge in [-0.25, -0.2) is 0 Å². The van der Waals surface area contributed by atoms with E-state index in [-0.39, 0.29) is 11.3 Å². The molecule has 0 saturated carbocycles. The van der Waals surface area contributed by atoms with Gasteiger partial charge in [0.1, 0.15) is 0 Å². The van der Waals surface area contributed by atoms with Gasteiger partial charge in [-0.05, 0) is 31.9 Å². The number of hydrogen-bond donors (Lipinski definition) is 0. The number of carbonyl (C=O) groups is 1. The SMILES string of the molecule is Cc1ccc(C(=O)N2CCC(Cl)CC2)cc1. The lowest BCUT2D eigenvalue weighted by molar-refractivity contribution is 0.0726. The van der Waals surface area contributed by atoms with Crippen molar-refractivity contribution in [3.8, 4) is 0 Å². The van der Waals surface area contributed by atoms with E-state index in [0.29, 0.717) is 0 Å².